The third-order valence-electron chi connectivity index (χ3n) is 5.12. The van der Waals surface area contributed by atoms with Gasteiger partial charge < -0.3 is 20.7 Å². The summed E-state index contributed by atoms with van der Waals surface area (Å²) in [6, 6.07) is 12.8. The highest BCUT2D eigenvalue weighted by Gasteiger charge is 2.34. The van der Waals surface area contributed by atoms with Crippen LogP contribution in [0.2, 0.25) is 0 Å². The summed E-state index contributed by atoms with van der Waals surface area (Å²) in [6.45, 7) is 3.85. The van der Waals surface area contributed by atoms with E-state index < -0.39 is 17.4 Å². The van der Waals surface area contributed by atoms with E-state index in [0.717, 1.165) is 11.1 Å². The maximum Gasteiger partial charge on any atom is 0.258 e. The van der Waals surface area contributed by atoms with Crippen LogP contribution in [0.3, 0.4) is 0 Å². The highest BCUT2D eigenvalue weighted by molar-refractivity contribution is 6.04. The Morgan fingerprint density at radius 2 is 1.84 bits per heavy atom. The van der Waals surface area contributed by atoms with Crippen LogP contribution in [0.15, 0.2) is 47.3 Å². The lowest BCUT2D eigenvalue weighted by Gasteiger charge is -2.24. The van der Waals surface area contributed by atoms with Crippen molar-refractivity contribution in [2.24, 2.45) is 0 Å². The van der Waals surface area contributed by atoms with Gasteiger partial charge in [0.05, 0.1) is 24.3 Å². The summed E-state index contributed by atoms with van der Waals surface area (Å²) in [7, 11) is 1.53. The Morgan fingerprint density at radius 1 is 1.12 bits per heavy atom. The summed E-state index contributed by atoms with van der Waals surface area (Å²) >= 11 is 0. The zero-order valence-corrected chi connectivity index (χ0v) is 17.9. The molecule has 0 aliphatic carbocycles. The van der Waals surface area contributed by atoms with Gasteiger partial charge in [-0.2, -0.15) is 4.98 Å². The molecule has 9 nitrogen and oxygen atoms in total. The largest absolute Gasteiger partial charge is 0.495 e. The number of benzene rings is 2. The van der Waals surface area contributed by atoms with E-state index in [9.17, 15) is 14.4 Å². The molecule has 0 saturated carbocycles. The van der Waals surface area contributed by atoms with E-state index in [4.69, 9.17) is 4.74 Å². The molecule has 3 aromatic rings. The van der Waals surface area contributed by atoms with Gasteiger partial charge in [0.25, 0.3) is 5.56 Å². The van der Waals surface area contributed by atoms with Crippen molar-refractivity contribution in [1.29, 1.82) is 0 Å². The van der Waals surface area contributed by atoms with Crippen LogP contribution in [0, 0.1) is 13.8 Å². The predicted octanol–water partition coefficient (Wildman–Crippen LogP) is 3.20. The Hall–Kier alpha value is -4.14. The van der Waals surface area contributed by atoms with E-state index in [-0.39, 0.29) is 29.7 Å². The molecular weight excluding hydrogens is 410 g/mol. The minimum atomic E-state index is -0.962. The molecule has 2 aromatic carbocycles. The van der Waals surface area contributed by atoms with Gasteiger partial charge in [0.1, 0.15) is 11.6 Å². The molecular formula is C23H23N5O4. The topological polar surface area (TPSA) is 125 Å². The number of rotatable bonds is 5. The highest BCUT2D eigenvalue weighted by Crippen LogP contribution is 2.31. The van der Waals surface area contributed by atoms with Gasteiger partial charge in [-0.3, -0.25) is 19.4 Å². The van der Waals surface area contributed by atoms with Crippen LogP contribution >= 0.6 is 0 Å². The van der Waals surface area contributed by atoms with Crippen LogP contribution in [0.25, 0.3) is 0 Å². The number of hydrogen-bond donors (Lipinski definition) is 4. The number of hydrogen-bond acceptors (Lipinski definition) is 6. The van der Waals surface area contributed by atoms with Crippen molar-refractivity contribution in [2.75, 3.05) is 23.1 Å². The first-order valence-electron chi connectivity index (χ1n) is 10.1. The standard InChI is InChI=1S/C23H23N5O4/c1-12-8-13(2)10-14(9-12)24-21(30)15-11-18(29)26-20-19(15)22(31)28-23(27-20)25-16-6-4-5-7-17(16)32-3/h4-10,15H,11H2,1-3H3,(H,24,30)(H3,25,26,27,28,29,31). The third-order valence-corrected chi connectivity index (χ3v) is 5.12. The van der Waals surface area contributed by atoms with E-state index >= 15 is 0 Å². The first-order valence-corrected chi connectivity index (χ1v) is 10.1. The zero-order valence-electron chi connectivity index (χ0n) is 17.9. The van der Waals surface area contributed by atoms with Gasteiger partial charge in [-0.1, -0.05) is 18.2 Å². The number of carbonyl (C=O) groups excluding carboxylic acids is 2. The van der Waals surface area contributed by atoms with Crippen LogP contribution in [-0.4, -0.2) is 28.9 Å². The van der Waals surface area contributed by atoms with Crippen LogP contribution in [0.1, 0.15) is 29.0 Å². The number of carbonyl (C=O) groups is 2. The lowest BCUT2D eigenvalue weighted by molar-refractivity contribution is -0.123. The maximum absolute atomic E-state index is 13.0. The van der Waals surface area contributed by atoms with Crippen molar-refractivity contribution in [2.45, 2.75) is 26.2 Å². The molecule has 164 valence electrons. The number of H-pyrrole nitrogens is 1. The Morgan fingerprint density at radius 3 is 2.56 bits per heavy atom. The summed E-state index contributed by atoms with van der Waals surface area (Å²) in [5, 5.41) is 8.40. The van der Waals surface area contributed by atoms with E-state index in [1.807, 2.05) is 38.1 Å². The average Bonchev–Trinajstić information content (AvgIpc) is 2.72. The van der Waals surface area contributed by atoms with E-state index in [1.54, 1.807) is 18.2 Å². The van der Waals surface area contributed by atoms with E-state index in [0.29, 0.717) is 17.1 Å². The molecule has 4 rings (SSSR count). The highest BCUT2D eigenvalue weighted by atomic mass is 16.5. The second-order valence-electron chi connectivity index (χ2n) is 7.67. The second-order valence-corrected chi connectivity index (χ2v) is 7.67. The van der Waals surface area contributed by atoms with E-state index in [1.165, 1.54) is 7.11 Å². The Kier molecular flexibility index (Phi) is 5.63. The molecule has 0 radical (unpaired) electrons. The number of aromatic amines is 1. The van der Waals surface area contributed by atoms with Gasteiger partial charge in [0.2, 0.25) is 17.8 Å². The van der Waals surface area contributed by atoms with Crippen molar-refractivity contribution in [1.82, 2.24) is 9.97 Å². The first-order chi connectivity index (χ1) is 15.3. The number of nitrogens with one attached hydrogen (secondary N) is 4. The summed E-state index contributed by atoms with van der Waals surface area (Å²) in [4.78, 5) is 45.2. The van der Waals surface area contributed by atoms with Gasteiger partial charge in [0.15, 0.2) is 0 Å². The zero-order chi connectivity index (χ0) is 22.8. The normalized spacial score (nSPS) is 14.8. The lowest BCUT2D eigenvalue weighted by atomic mass is 9.92. The van der Waals surface area contributed by atoms with E-state index in [2.05, 4.69) is 25.9 Å². The first kappa shape index (κ1) is 21.1. The Balaban J connectivity index is 1.65. The summed E-state index contributed by atoms with van der Waals surface area (Å²) in [5.74, 6) is -1.06. The summed E-state index contributed by atoms with van der Waals surface area (Å²) in [5.41, 5.74) is 2.80. The Labute approximate surface area is 184 Å². The molecule has 1 aromatic heterocycles. The number of methoxy groups -OCH3 is 1. The van der Waals surface area contributed by atoms with Gasteiger partial charge in [0, 0.05) is 12.1 Å². The number of nitrogens with zero attached hydrogens (tertiary/aromatic N) is 1. The number of aromatic nitrogens is 2. The molecule has 1 unspecified atom stereocenters. The van der Waals surface area contributed by atoms with Gasteiger partial charge in [-0.05, 0) is 49.2 Å². The number of fused-ring (bicyclic) bond motifs is 1. The minimum Gasteiger partial charge on any atom is -0.495 e. The quantitative estimate of drug-likeness (QED) is 0.490. The number of amides is 2. The molecule has 1 aliphatic rings. The van der Waals surface area contributed by atoms with Gasteiger partial charge in [-0.25, -0.2) is 0 Å². The summed E-state index contributed by atoms with van der Waals surface area (Å²) in [6.07, 6.45) is -0.145. The van der Waals surface area contributed by atoms with Crippen LogP contribution in [0.5, 0.6) is 5.75 Å². The predicted molar refractivity (Wildman–Crippen MR) is 122 cm³/mol. The lowest BCUT2D eigenvalue weighted by Crippen LogP contribution is -2.36. The number of para-hydroxylation sites is 2. The van der Waals surface area contributed by atoms with Gasteiger partial charge >= 0.3 is 0 Å². The van der Waals surface area contributed by atoms with Crippen LogP contribution in [-0.2, 0) is 9.59 Å². The van der Waals surface area contributed by atoms with Crippen molar-refractivity contribution >= 4 is 35.0 Å². The van der Waals surface area contributed by atoms with Crippen LogP contribution < -0.4 is 26.2 Å². The molecule has 9 heteroatoms. The fourth-order valence-electron chi connectivity index (χ4n) is 3.81. The average molecular weight is 433 g/mol. The smallest absolute Gasteiger partial charge is 0.258 e. The minimum absolute atomic E-state index is 0.0583. The van der Waals surface area contributed by atoms with Gasteiger partial charge in [-0.15, -0.1) is 0 Å². The van der Waals surface area contributed by atoms with Crippen molar-refractivity contribution in [3.05, 3.63) is 69.5 Å². The molecule has 1 aliphatic heterocycles. The molecule has 4 N–H and O–H groups in total. The number of aryl methyl sites for hydroxylation is 2. The van der Waals surface area contributed by atoms with Crippen molar-refractivity contribution in [3.8, 4) is 5.75 Å². The molecule has 2 amide bonds. The fourth-order valence-corrected chi connectivity index (χ4v) is 3.81. The summed E-state index contributed by atoms with van der Waals surface area (Å²) < 4.78 is 5.29. The molecule has 2 heterocycles. The third kappa shape index (κ3) is 4.31. The molecule has 0 saturated heterocycles. The Bertz CT molecular complexity index is 1250. The number of ether oxygens (including phenoxy) is 1. The second kappa shape index (κ2) is 8.54. The van der Waals surface area contributed by atoms with Crippen molar-refractivity contribution < 1.29 is 14.3 Å². The fraction of sp³-hybridized carbons (Fsp3) is 0.217. The number of anilines is 4. The van der Waals surface area contributed by atoms with Crippen LogP contribution in [0.4, 0.5) is 23.1 Å². The molecule has 0 fully saturated rings. The maximum atomic E-state index is 13.0. The molecule has 0 bridgehead atoms. The molecule has 1 atom stereocenters. The monoisotopic (exact) mass is 433 g/mol. The SMILES string of the molecule is COc1ccccc1Nc1nc2c(c(=O)[nH]1)C(C(=O)Nc1cc(C)cc(C)c1)CC(=O)N2. The van der Waals surface area contributed by atoms with Crippen molar-refractivity contribution in [3.63, 3.8) is 0 Å². The molecule has 0 spiro atoms. The molecule has 32 heavy (non-hydrogen) atoms.